The highest BCUT2D eigenvalue weighted by atomic mass is 79.9. The first-order valence-corrected chi connectivity index (χ1v) is 6.94. The Labute approximate surface area is 102 Å². The second-order valence-electron chi connectivity index (χ2n) is 3.86. The van der Waals surface area contributed by atoms with Gasteiger partial charge in [-0.25, -0.2) is 4.98 Å². The molecular formula is C10H13BrN2OS. The van der Waals surface area contributed by atoms with Gasteiger partial charge in [-0.2, -0.15) is 0 Å². The molecule has 1 fully saturated rings. The third-order valence-corrected chi connectivity index (χ3v) is 4.27. The maximum Gasteiger partial charge on any atom is 0.223 e. The molecule has 0 aromatic carbocycles. The van der Waals surface area contributed by atoms with Gasteiger partial charge in [-0.1, -0.05) is 15.9 Å². The molecule has 3 nitrogen and oxygen atoms in total. The number of carbonyl (C=O) groups is 1. The highest BCUT2D eigenvalue weighted by Crippen LogP contribution is 2.22. The third-order valence-electron chi connectivity index (χ3n) is 2.53. The Morgan fingerprint density at radius 1 is 1.73 bits per heavy atom. The standard InChI is InChI=1S/C10H13BrN2OS/c1-7-12-9(6-15-7)5-13-4-8(3-11)2-10(13)14/h6,8H,2-5H2,1H3. The number of aromatic nitrogens is 1. The summed E-state index contributed by atoms with van der Waals surface area (Å²) in [6.45, 7) is 3.52. The fourth-order valence-electron chi connectivity index (χ4n) is 1.79. The van der Waals surface area contributed by atoms with E-state index in [0.717, 1.165) is 22.6 Å². The van der Waals surface area contributed by atoms with E-state index in [1.807, 2.05) is 17.2 Å². The average molecular weight is 289 g/mol. The number of likely N-dealkylation sites (tertiary alicyclic amines) is 1. The van der Waals surface area contributed by atoms with Crippen LogP contribution >= 0.6 is 27.3 Å². The van der Waals surface area contributed by atoms with Crippen molar-refractivity contribution in [2.24, 2.45) is 5.92 Å². The van der Waals surface area contributed by atoms with Crippen molar-refractivity contribution in [2.75, 3.05) is 11.9 Å². The molecule has 0 aliphatic carbocycles. The average Bonchev–Trinajstić information content (AvgIpc) is 2.75. The zero-order chi connectivity index (χ0) is 10.8. The van der Waals surface area contributed by atoms with Gasteiger partial charge in [0.15, 0.2) is 0 Å². The number of halogens is 1. The van der Waals surface area contributed by atoms with Crippen LogP contribution in [0.4, 0.5) is 0 Å². The van der Waals surface area contributed by atoms with Crippen LogP contribution in [0, 0.1) is 12.8 Å². The number of hydrogen-bond donors (Lipinski definition) is 0. The highest BCUT2D eigenvalue weighted by Gasteiger charge is 2.28. The molecule has 0 saturated carbocycles. The zero-order valence-electron chi connectivity index (χ0n) is 8.57. The van der Waals surface area contributed by atoms with E-state index in [2.05, 4.69) is 20.9 Å². The molecule has 82 valence electrons. The van der Waals surface area contributed by atoms with E-state index < -0.39 is 0 Å². The zero-order valence-corrected chi connectivity index (χ0v) is 11.0. The van der Waals surface area contributed by atoms with Gasteiger partial charge in [0, 0.05) is 23.7 Å². The van der Waals surface area contributed by atoms with Crippen LogP contribution in [0.15, 0.2) is 5.38 Å². The van der Waals surface area contributed by atoms with E-state index >= 15 is 0 Å². The SMILES string of the molecule is Cc1nc(CN2CC(CBr)CC2=O)cs1. The first kappa shape index (κ1) is 11.1. The van der Waals surface area contributed by atoms with E-state index in [1.54, 1.807) is 11.3 Å². The molecule has 0 radical (unpaired) electrons. The second-order valence-corrected chi connectivity index (χ2v) is 5.57. The van der Waals surface area contributed by atoms with Crippen molar-refractivity contribution in [1.82, 2.24) is 9.88 Å². The van der Waals surface area contributed by atoms with Crippen molar-refractivity contribution in [2.45, 2.75) is 19.9 Å². The van der Waals surface area contributed by atoms with Crippen LogP contribution in [0.25, 0.3) is 0 Å². The van der Waals surface area contributed by atoms with Gasteiger partial charge in [0.2, 0.25) is 5.91 Å². The molecule has 1 amide bonds. The van der Waals surface area contributed by atoms with E-state index in [1.165, 1.54) is 0 Å². The molecule has 1 aromatic rings. The smallest absolute Gasteiger partial charge is 0.223 e. The normalized spacial score (nSPS) is 21.3. The Morgan fingerprint density at radius 3 is 3.07 bits per heavy atom. The summed E-state index contributed by atoms with van der Waals surface area (Å²) in [5.41, 5.74) is 1.01. The number of hydrogen-bond acceptors (Lipinski definition) is 3. The molecule has 0 spiro atoms. The minimum absolute atomic E-state index is 0.255. The molecule has 1 aliphatic heterocycles. The molecule has 2 heterocycles. The maximum absolute atomic E-state index is 11.6. The van der Waals surface area contributed by atoms with Crippen LogP contribution < -0.4 is 0 Å². The summed E-state index contributed by atoms with van der Waals surface area (Å²) < 4.78 is 0. The molecule has 0 bridgehead atoms. The predicted molar refractivity (Wildman–Crippen MR) is 64.2 cm³/mol. The van der Waals surface area contributed by atoms with Crippen molar-refractivity contribution in [3.8, 4) is 0 Å². The molecular weight excluding hydrogens is 276 g/mol. The van der Waals surface area contributed by atoms with Gasteiger partial charge in [0.25, 0.3) is 0 Å². The summed E-state index contributed by atoms with van der Waals surface area (Å²) in [7, 11) is 0. The number of carbonyl (C=O) groups excluding carboxylic acids is 1. The quantitative estimate of drug-likeness (QED) is 0.799. The highest BCUT2D eigenvalue weighted by molar-refractivity contribution is 9.09. The summed E-state index contributed by atoms with van der Waals surface area (Å²) in [4.78, 5) is 17.9. The second kappa shape index (κ2) is 4.61. The van der Waals surface area contributed by atoms with Gasteiger partial charge >= 0.3 is 0 Å². The van der Waals surface area contributed by atoms with Gasteiger partial charge in [0.1, 0.15) is 0 Å². The van der Waals surface area contributed by atoms with Gasteiger partial charge in [0.05, 0.1) is 17.2 Å². The van der Waals surface area contributed by atoms with Crippen LogP contribution in [0.3, 0.4) is 0 Å². The summed E-state index contributed by atoms with van der Waals surface area (Å²) >= 11 is 5.07. The Morgan fingerprint density at radius 2 is 2.53 bits per heavy atom. The topological polar surface area (TPSA) is 33.2 Å². The molecule has 15 heavy (non-hydrogen) atoms. The van der Waals surface area contributed by atoms with Crippen molar-refractivity contribution in [3.63, 3.8) is 0 Å². The van der Waals surface area contributed by atoms with Crippen molar-refractivity contribution >= 4 is 33.2 Å². The summed E-state index contributed by atoms with van der Waals surface area (Å²) in [5.74, 6) is 0.724. The fourth-order valence-corrected chi connectivity index (χ4v) is 2.82. The van der Waals surface area contributed by atoms with E-state index in [-0.39, 0.29) is 5.91 Å². The van der Waals surface area contributed by atoms with Gasteiger partial charge in [-0.05, 0) is 12.8 Å². The van der Waals surface area contributed by atoms with Gasteiger partial charge in [-0.15, -0.1) is 11.3 Å². The lowest BCUT2D eigenvalue weighted by Crippen LogP contribution is -2.24. The summed E-state index contributed by atoms with van der Waals surface area (Å²) in [6, 6.07) is 0. The van der Waals surface area contributed by atoms with E-state index in [4.69, 9.17) is 0 Å². The molecule has 0 N–H and O–H groups in total. The minimum Gasteiger partial charge on any atom is -0.336 e. The Hall–Kier alpha value is -0.420. The maximum atomic E-state index is 11.6. The van der Waals surface area contributed by atoms with Crippen LogP contribution in [0.1, 0.15) is 17.1 Å². The van der Waals surface area contributed by atoms with Crippen LogP contribution in [-0.4, -0.2) is 27.7 Å². The molecule has 1 atom stereocenters. The number of aryl methyl sites for hydroxylation is 1. The number of thiazole rings is 1. The third kappa shape index (κ3) is 2.58. The van der Waals surface area contributed by atoms with Crippen molar-refractivity contribution < 1.29 is 4.79 Å². The number of amides is 1. The van der Waals surface area contributed by atoms with Crippen molar-refractivity contribution in [3.05, 3.63) is 16.1 Å². The van der Waals surface area contributed by atoms with Gasteiger partial charge in [-0.3, -0.25) is 4.79 Å². The molecule has 1 aliphatic rings. The summed E-state index contributed by atoms with van der Waals surface area (Å²) in [6.07, 6.45) is 0.675. The predicted octanol–water partition coefficient (Wildman–Crippen LogP) is 2.19. The first-order valence-electron chi connectivity index (χ1n) is 4.94. The van der Waals surface area contributed by atoms with E-state index in [9.17, 15) is 4.79 Å². The van der Waals surface area contributed by atoms with Crippen LogP contribution in [-0.2, 0) is 11.3 Å². The Kier molecular flexibility index (Phi) is 3.41. The monoisotopic (exact) mass is 288 g/mol. The lowest BCUT2D eigenvalue weighted by molar-refractivity contribution is -0.128. The van der Waals surface area contributed by atoms with Crippen molar-refractivity contribution in [1.29, 1.82) is 0 Å². The molecule has 1 aromatic heterocycles. The number of nitrogens with zero attached hydrogens (tertiary/aromatic N) is 2. The Bertz CT molecular complexity index is 366. The Balaban J connectivity index is 1.98. The molecule has 1 saturated heterocycles. The molecule has 2 rings (SSSR count). The summed E-state index contributed by atoms with van der Waals surface area (Å²) in [5, 5.41) is 4.00. The fraction of sp³-hybridized carbons (Fsp3) is 0.600. The number of rotatable bonds is 3. The largest absolute Gasteiger partial charge is 0.336 e. The minimum atomic E-state index is 0.255. The van der Waals surface area contributed by atoms with Crippen LogP contribution in [0.2, 0.25) is 0 Å². The molecule has 5 heteroatoms. The lowest BCUT2D eigenvalue weighted by Gasteiger charge is -2.14. The number of alkyl halides is 1. The molecule has 1 unspecified atom stereocenters. The first-order chi connectivity index (χ1) is 7.19. The van der Waals surface area contributed by atoms with Gasteiger partial charge < -0.3 is 4.90 Å². The lowest BCUT2D eigenvalue weighted by atomic mass is 10.2. The van der Waals surface area contributed by atoms with Crippen LogP contribution in [0.5, 0.6) is 0 Å². The van der Waals surface area contributed by atoms with E-state index in [0.29, 0.717) is 18.9 Å².